The average Bonchev–Trinajstić information content (AvgIpc) is 2.55. The highest BCUT2D eigenvalue weighted by Crippen LogP contribution is 2.12. The van der Waals surface area contributed by atoms with Gasteiger partial charge < -0.3 is 5.32 Å². The lowest BCUT2D eigenvalue weighted by atomic mass is 10.1. The lowest BCUT2D eigenvalue weighted by molar-refractivity contribution is 0.0939. The molecule has 6 nitrogen and oxygen atoms in total. The van der Waals surface area contributed by atoms with E-state index in [2.05, 4.69) is 15.0 Å². The molecular weight excluding hydrogens is 302 g/mol. The molecule has 0 aliphatic heterocycles. The number of benzene rings is 1. The van der Waals surface area contributed by atoms with E-state index in [0.29, 0.717) is 5.56 Å². The van der Waals surface area contributed by atoms with Gasteiger partial charge in [-0.2, -0.15) is 0 Å². The van der Waals surface area contributed by atoms with Crippen LogP contribution in [0.4, 0.5) is 0 Å². The Morgan fingerprint density at radius 2 is 1.82 bits per heavy atom. The molecule has 0 saturated heterocycles. The summed E-state index contributed by atoms with van der Waals surface area (Å²) in [7, 11) is -2.16. The number of amides is 1. The zero-order valence-electron chi connectivity index (χ0n) is 12.3. The molecule has 1 aromatic carbocycles. The quantitative estimate of drug-likeness (QED) is 0.874. The SMILES string of the molecule is CNS(=O)(=O)c1ccc(C(=O)NC(C)c2ccccn2)cc1. The Morgan fingerprint density at radius 3 is 2.36 bits per heavy atom. The first-order valence-corrected chi connectivity index (χ1v) is 8.18. The van der Waals surface area contributed by atoms with Gasteiger partial charge in [-0.25, -0.2) is 13.1 Å². The molecule has 0 saturated carbocycles. The molecule has 1 unspecified atom stereocenters. The molecule has 2 N–H and O–H groups in total. The fourth-order valence-electron chi connectivity index (χ4n) is 1.89. The highest BCUT2D eigenvalue weighted by molar-refractivity contribution is 7.89. The smallest absolute Gasteiger partial charge is 0.251 e. The Morgan fingerprint density at radius 1 is 1.14 bits per heavy atom. The van der Waals surface area contributed by atoms with Crippen LogP contribution in [0.5, 0.6) is 0 Å². The van der Waals surface area contributed by atoms with Gasteiger partial charge in [0.2, 0.25) is 10.0 Å². The van der Waals surface area contributed by atoms with Gasteiger partial charge in [0.05, 0.1) is 16.6 Å². The van der Waals surface area contributed by atoms with E-state index in [1.807, 2.05) is 19.1 Å². The monoisotopic (exact) mass is 319 g/mol. The van der Waals surface area contributed by atoms with Crippen molar-refractivity contribution in [2.24, 2.45) is 0 Å². The van der Waals surface area contributed by atoms with E-state index in [9.17, 15) is 13.2 Å². The van der Waals surface area contributed by atoms with E-state index in [0.717, 1.165) is 5.69 Å². The number of nitrogens with zero attached hydrogens (tertiary/aromatic N) is 1. The second-order valence-corrected chi connectivity index (χ2v) is 6.57. The fraction of sp³-hybridized carbons (Fsp3) is 0.200. The summed E-state index contributed by atoms with van der Waals surface area (Å²) < 4.78 is 25.5. The Hall–Kier alpha value is -2.25. The molecule has 116 valence electrons. The molecule has 22 heavy (non-hydrogen) atoms. The third kappa shape index (κ3) is 3.69. The first kappa shape index (κ1) is 16.1. The topological polar surface area (TPSA) is 88.2 Å². The van der Waals surface area contributed by atoms with E-state index in [1.54, 1.807) is 12.3 Å². The first-order chi connectivity index (χ1) is 10.4. The predicted molar refractivity (Wildman–Crippen MR) is 82.8 cm³/mol. The summed E-state index contributed by atoms with van der Waals surface area (Å²) in [5, 5.41) is 2.82. The van der Waals surface area contributed by atoms with E-state index < -0.39 is 10.0 Å². The van der Waals surface area contributed by atoms with Crippen molar-refractivity contribution >= 4 is 15.9 Å². The maximum absolute atomic E-state index is 12.2. The number of hydrogen-bond acceptors (Lipinski definition) is 4. The Bertz CT molecular complexity index is 743. The van der Waals surface area contributed by atoms with Crippen LogP contribution in [0.2, 0.25) is 0 Å². The van der Waals surface area contributed by atoms with Gasteiger partial charge in [0.15, 0.2) is 0 Å². The number of aromatic nitrogens is 1. The van der Waals surface area contributed by atoms with Gasteiger partial charge in [-0.1, -0.05) is 6.07 Å². The molecule has 0 bridgehead atoms. The second-order valence-electron chi connectivity index (χ2n) is 4.68. The molecule has 1 amide bonds. The third-order valence-corrected chi connectivity index (χ3v) is 4.60. The zero-order valence-corrected chi connectivity index (χ0v) is 13.1. The average molecular weight is 319 g/mol. The van der Waals surface area contributed by atoms with E-state index in [1.165, 1.54) is 31.3 Å². The molecule has 2 rings (SSSR count). The van der Waals surface area contributed by atoms with Crippen LogP contribution in [0.15, 0.2) is 53.6 Å². The number of carbonyl (C=O) groups excluding carboxylic acids is 1. The van der Waals surface area contributed by atoms with Gasteiger partial charge in [-0.05, 0) is 50.4 Å². The number of rotatable bonds is 5. The number of hydrogen-bond donors (Lipinski definition) is 2. The van der Waals surface area contributed by atoms with Crippen LogP contribution >= 0.6 is 0 Å². The lowest BCUT2D eigenvalue weighted by Gasteiger charge is -2.13. The molecule has 0 aliphatic carbocycles. The minimum absolute atomic E-state index is 0.115. The normalized spacial score (nSPS) is 12.6. The van der Waals surface area contributed by atoms with Crippen molar-refractivity contribution in [1.82, 2.24) is 15.0 Å². The summed E-state index contributed by atoms with van der Waals surface area (Å²) in [5.74, 6) is -0.286. The van der Waals surface area contributed by atoms with Crippen LogP contribution in [0.3, 0.4) is 0 Å². The fourth-order valence-corrected chi connectivity index (χ4v) is 2.62. The highest BCUT2D eigenvalue weighted by Gasteiger charge is 2.14. The van der Waals surface area contributed by atoms with Crippen molar-refractivity contribution in [2.75, 3.05) is 7.05 Å². The van der Waals surface area contributed by atoms with Crippen molar-refractivity contribution < 1.29 is 13.2 Å². The maximum Gasteiger partial charge on any atom is 0.251 e. The van der Waals surface area contributed by atoms with Crippen LogP contribution in [0.25, 0.3) is 0 Å². The molecule has 1 aromatic heterocycles. The van der Waals surface area contributed by atoms with E-state index in [-0.39, 0.29) is 16.8 Å². The van der Waals surface area contributed by atoms with Gasteiger partial charge >= 0.3 is 0 Å². The summed E-state index contributed by atoms with van der Waals surface area (Å²) in [5.41, 5.74) is 1.14. The van der Waals surface area contributed by atoms with Gasteiger partial charge in [-0.3, -0.25) is 9.78 Å². The highest BCUT2D eigenvalue weighted by atomic mass is 32.2. The van der Waals surface area contributed by atoms with Crippen LogP contribution in [0, 0.1) is 0 Å². The van der Waals surface area contributed by atoms with E-state index in [4.69, 9.17) is 0 Å². The van der Waals surface area contributed by atoms with Crippen molar-refractivity contribution in [3.05, 3.63) is 59.9 Å². The number of sulfonamides is 1. The number of pyridine rings is 1. The third-order valence-electron chi connectivity index (χ3n) is 3.17. The minimum atomic E-state index is -3.50. The van der Waals surface area contributed by atoms with Crippen molar-refractivity contribution in [3.8, 4) is 0 Å². The van der Waals surface area contributed by atoms with Gasteiger partial charge in [0.1, 0.15) is 0 Å². The maximum atomic E-state index is 12.2. The largest absolute Gasteiger partial charge is 0.344 e. The molecule has 1 heterocycles. The Kier molecular flexibility index (Phi) is 4.89. The molecule has 0 radical (unpaired) electrons. The summed E-state index contributed by atoms with van der Waals surface area (Å²) in [4.78, 5) is 16.5. The summed E-state index contributed by atoms with van der Waals surface area (Å²) in [6.07, 6.45) is 1.66. The molecule has 1 atom stereocenters. The minimum Gasteiger partial charge on any atom is -0.344 e. The summed E-state index contributed by atoms with van der Waals surface area (Å²) in [6, 6.07) is 11.0. The number of nitrogens with one attached hydrogen (secondary N) is 2. The summed E-state index contributed by atoms with van der Waals surface area (Å²) in [6.45, 7) is 1.83. The lowest BCUT2D eigenvalue weighted by Crippen LogP contribution is -2.27. The van der Waals surface area contributed by atoms with Crippen molar-refractivity contribution in [3.63, 3.8) is 0 Å². The number of carbonyl (C=O) groups is 1. The van der Waals surface area contributed by atoms with Gasteiger partial charge in [0, 0.05) is 11.8 Å². The Labute approximate surface area is 129 Å². The summed E-state index contributed by atoms with van der Waals surface area (Å²) >= 11 is 0. The van der Waals surface area contributed by atoms with Crippen molar-refractivity contribution in [1.29, 1.82) is 0 Å². The molecule has 0 spiro atoms. The first-order valence-electron chi connectivity index (χ1n) is 6.69. The standard InChI is InChI=1S/C15H17N3O3S/c1-11(14-5-3-4-10-17-14)18-15(19)12-6-8-13(9-7-12)22(20,21)16-2/h3-11,16H,1-2H3,(H,18,19). The molecule has 7 heteroatoms. The van der Waals surface area contributed by atoms with Crippen LogP contribution < -0.4 is 10.0 Å². The van der Waals surface area contributed by atoms with Crippen LogP contribution in [-0.2, 0) is 10.0 Å². The molecule has 2 aromatic rings. The second kappa shape index (κ2) is 6.67. The molecule has 0 aliphatic rings. The van der Waals surface area contributed by atoms with Gasteiger partial charge in [-0.15, -0.1) is 0 Å². The predicted octanol–water partition coefficient (Wildman–Crippen LogP) is 1.48. The van der Waals surface area contributed by atoms with E-state index >= 15 is 0 Å². The Balaban J connectivity index is 2.11. The zero-order chi connectivity index (χ0) is 16.2. The van der Waals surface area contributed by atoms with Gasteiger partial charge in [0.25, 0.3) is 5.91 Å². The van der Waals surface area contributed by atoms with Crippen LogP contribution in [0.1, 0.15) is 29.0 Å². The van der Waals surface area contributed by atoms with Crippen molar-refractivity contribution in [2.45, 2.75) is 17.9 Å². The molecular formula is C15H17N3O3S. The van der Waals surface area contributed by atoms with Crippen LogP contribution in [-0.4, -0.2) is 26.4 Å². The molecule has 0 fully saturated rings.